The predicted molar refractivity (Wildman–Crippen MR) is 105 cm³/mol. The number of ether oxygens (including phenoxy) is 1. The molecule has 1 aromatic carbocycles. The number of anilines is 1. The Bertz CT molecular complexity index is 757. The SMILES string of the molecule is COc1cc2c(cc1/C=C/C(C)=O)[C@@H]1CCCC[C@@H]1N2C(=O)C(C)(C)C. The summed E-state index contributed by atoms with van der Waals surface area (Å²) in [7, 11) is 1.63. The average Bonchev–Trinajstić information content (AvgIpc) is 2.90. The second kappa shape index (κ2) is 6.90. The highest BCUT2D eigenvalue weighted by Crippen LogP contribution is 2.51. The van der Waals surface area contributed by atoms with Crippen LogP contribution in [0, 0.1) is 5.41 Å². The number of benzene rings is 1. The number of nitrogens with zero attached hydrogens (tertiary/aromatic N) is 1. The lowest BCUT2D eigenvalue weighted by atomic mass is 9.81. The van der Waals surface area contributed by atoms with E-state index in [1.165, 1.54) is 18.9 Å². The van der Waals surface area contributed by atoms with Gasteiger partial charge in [0.1, 0.15) is 5.75 Å². The Morgan fingerprint density at radius 2 is 1.88 bits per heavy atom. The summed E-state index contributed by atoms with van der Waals surface area (Å²) in [6, 6.07) is 4.34. The summed E-state index contributed by atoms with van der Waals surface area (Å²) in [4.78, 5) is 26.6. The minimum absolute atomic E-state index is 0.00707. The summed E-state index contributed by atoms with van der Waals surface area (Å²) in [5.41, 5.74) is 2.68. The molecule has 26 heavy (non-hydrogen) atoms. The van der Waals surface area contributed by atoms with E-state index in [1.807, 2.05) is 37.8 Å². The maximum atomic E-state index is 13.2. The summed E-state index contributed by atoms with van der Waals surface area (Å²) in [6.45, 7) is 7.47. The van der Waals surface area contributed by atoms with Gasteiger partial charge in [0.05, 0.1) is 12.8 Å². The van der Waals surface area contributed by atoms with Gasteiger partial charge in [-0.15, -0.1) is 0 Å². The van der Waals surface area contributed by atoms with Crippen molar-refractivity contribution < 1.29 is 14.3 Å². The van der Waals surface area contributed by atoms with Crippen LogP contribution in [0.3, 0.4) is 0 Å². The van der Waals surface area contributed by atoms with Crippen LogP contribution >= 0.6 is 0 Å². The van der Waals surface area contributed by atoms with Gasteiger partial charge in [0.15, 0.2) is 5.78 Å². The second-order valence-corrected chi connectivity index (χ2v) is 8.48. The van der Waals surface area contributed by atoms with Gasteiger partial charge in [-0.05, 0) is 43.5 Å². The maximum absolute atomic E-state index is 13.2. The lowest BCUT2D eigenvalue weighted by molar-refractivity contribution is -0.126. The van der Waals surface area contributed by atoms with Crippen molar-refractivity contribution in [1.29, 1.82) is 0 Å². The zero-order valence-electron chi connectivity index (χ0n) is 16.5. The van der Waals surface area contributed by atoms with Crippen LogP contribution in [0.5, 0.6) is 5.75 Å². The number of methoxy groups -OCH3 is 1. The van der Waals surface area contributed by atoms with Gasteiger partial charge >= 0.3 is 0 Å². The fraction of sp³-hybridized carbons (Fsp3) is 0.545. The third kappa shape index (κ3) is 3.29. The lowest BCUT2D eigenvalue weighted by Crippen LogP contribution is -2.45. The molecule has 3 rings (SSSR count). The highest BCUT2D eigenvalue weighted by molar-refractivity contribution is 6.00. The number of hydrogen-bond donors (Lipinski definition) is 0. The van der Waals surface area contributed by atoms with E-state index in [0.717, 1.165) is 30.5 Å². The largest absolute Gasteiger partial charge is 0.496 e. The number of allylic oxidation sites excluding steroid dienone is 1. The van der Waals surface area contributed by atoms with Crippen LogP contribution in [0.25, 0.3) is 6.08 Å². The number of ketones is 1. The Kier molecular flexibility index (Phi) is 4.96. The predicted octanol–water partition coefficient (Wildman–Crippen LogP) is 4.72. The zero-order valence-corrected chi connectivity index (χ0v) is 16.5. The van der Waals surface area contributed by atoms with Crippen molar-refractivity contribution in [2.75, 3.05) is 12.0 Å². The molecule has 0 radical (unpaired) electrons. The summed E-state index contributed by atoms with van der Waals surface area (Å²) < 4.78 is 5.57. The summed E-state index contributed by atoms with van der Waals surface area (Å²) >= 11 is 0. The molecule has 140 valence electrons. The van der Waals surface area contributed by atoms with Gasteiger partial charge in [0, 0.05) is 29.0 Å². The number of carbonyl (C=O) groups excluding carboxylic acids is 2. The minimum atomic E-state index is -0.427. The van der Waals surface area contributed by atoms with Gasteiger partial charge in [-0.25, -0.2) is 0 Å². The molecular weight excluding hydrogens is 326 g/mol. The Morgan fingerprint density at radius 1 is 1.19 bits per heavy atom. The first-order chi connectivity index (χ1) is 12.2. The number of fused-ring (bicyclic) bond motifs is 3. The van der Waals surface area contributed by atoms with E-state index in [1.54, 1.807) is 13.2 Å². The number of rotatable bonds is 3. The van der Waals surface area contributed by atoms with Gasteiger partial charge < -0.3 is 9.64 Å². The molecular formula is C22H29NO3. The van der Waals surface area contributed by atoms with E-state index in [9.17, 15) is 9.59 Å². The topological polar surface area (TPSA) is 46.6 Å². The van der Waals surface area contributed by atoms with E-state index in [0.29, 0.717) is 11.7 Å². The molecule has 2 aliphatic rings. The molecule has 0 bridgehead atoms. The number of hydrogen-bond acceptors (Lipinski definition) is 3. The van der Waals surface area contributed by atoms with Gasteiger partial charge in [0.2, 0.25) is 5.91 Å². The molecule has 1 heterocycles. The van der Waals surface area contributed by atoms with Crippen LogP contribution in [0.4, 0.5) is 5.69 Å². The highest BCUT2D eigenvalue weighted by atomic mass is 16.5. The summed E-state index contributed by atoms with van der Waals surface area (Å²) in [5, 5.41) is 0. The Labute approximate surface area is 156 Å². The molecule has 0 unspecified atom stereocenters. The van der Waals surface area contributed by atoms with E-state index < -0.39 is 5.41 Å². The van der Waals surface area contributed by atoms with E-state index in [2.05, 4.69) is 6.07 Å². The smallest absolute Gasteiger partial charge is 0.232 e. The molecule has 1 aromatic rings. The zero-order chi connectivity index (χ0) is 19.1. The van der Waals surface area contributed by atoms with Crippen molar-refractivity contribution in [2.45, 2.75) is 65.3 Å². The molecule has 1 aliphatic carbocycles. The molecule has 1 amide bonds. The molecule has 4 heteroatoms. The molecule has 0 spiro atoms. The molecule has 4 nitrogen and oxygen atoms in total. The molecule has 1 saturated carbocycles. The van der Waals surface area contributed by atoms with Crippen LogP contribution in [-0.2, 0) is 9.59 Å². The standard InChI is InChI=1S/C22H29NO3/c1-14(24)10-11-15-12-17-16-8-6-7-9-18(16)23(21(25)22(2,3)4)19(17)13-20(15)26-5/h10-13,16,18H,6-9H2,1-5H3/b11-10+/t16-,18-/m0/s1. The monoisotopic (exact) mass is 355 g/mol. The van der Waals surface area contributed by atoms with Crippen LogP contribution in [0.1, 0.15) is 70.4 Å². The molecule has 0 aromatic heterocycles. The Hall–Kier alpha value is -2.10. The fourth-order valence-corrected chi connectivity index (χ4v) is 4.21. The first-order valence-electron chi connectivity index (χ1n) is 9.48. The number of amides is 1. The van der Waals surface area contributed by atoms with Crippen LogP contribution < -0.4 is 9.64 Å². The van der Waals surface area contributed by atoms with Crippen molar-refractivity contribution in [2.24, 2.45) is 5.41 Å². The second-order valence-electron chi connectivity index (χ2n) is 8.48. The first-order valence-corrected chi connectivity index (χ1v) is 9.48. The average molecular weight is 355 g/mol. The Morgan fingerprint density at radius 3 is 2.50 bits per heavy atom. The molecule has 1 aliphatic heterocycles. The molecule has 0 saturated heterocycles. The van der Waals surface area contributed by atoms with Crippen molar-refractivity contribution in [3.63, 3.8) is 0 Å². The van der Waals surface area contributed by atoms with Crippen LogP contribution in [0.15, 0.2) is 18.2 Å². The summed E-state index contributed by atoms with van der Waals surface area (Å²) in [5.74, 6) is 1.25. The van der Waals surface area contributed by atoms with Gasteiger partial charge in [0.25, 0.3) is 0 Å². The van der Waals surface area contributed by atoms with Crippen molar-refractivity contribution in [3.05, 3.63) is 29.3 Å². The van der Waals surface area contributed by atoms with Gasteiger partial charge in [-0.3, -0.25) is 9.59 Å². The van der Waals surface area contributed by atoms with Crippen molar-refractivity contribution in [1.82, 2.24) is 0 Å². The first kappa shape index (κ1) is 18.7. The van der Waals surface area contributed by atoms with Gasteiger partial charge in [-0.2, -0.15) is 0 Å². The van der Waals surface area contributed by atoms with E-state index in [-0.39, 0.29) is 17.7 Å². The highest BCUT2D eigenvalue weighted by Gasteiger charge is 2.45. The molecule has 2 atom stereocenters. The van der Waals surface area contributed by atoms with Crippen LogP contribution in [0.2, 0.25) is 0 Å². The maximum Gasteiger partial charge on any atom is 0.232 e. The molecule has 1 fully saturated rings. The Balaban J connectivity index is 2.13. The molecule has 0 N–H and O–H groups in total. The van der Waals surface area contributed by atoms with Gasteiger partial charge in [-0.1, -0.05) is 33.6 Å². The number of carbonyl (C=O) groups is 2. The quantitative estimate of drug-likeness (QED) is 0.737. The lowest BCUT2D eigenvalue weighted by Gasteiger charge is -2.35. The van der Waals surface area contributed by atoms with E-state index in [4.69, 9.17) is 4.74 Å². The minimum Gasteiger partial charge on any atom is -0.496 e. The van der Waals surface area contributed by atoms with Crippen molar-refractivity contribution >= 4 is 23.5 Å². The summed E-state index contributed by atoms with van der Waals surface area (Å²) in [6.07, 6.45) is 7.89. The third-order valence-electron chi connectivity index (χ3n) is 5.46. The fourth-order valence-electron chi connectivity index (χ4n) is 4.21. The van der Waals surface area contributed by atoms with Crippen LogP contribution in [-0.4, -0.2) is 24.8 Å². The normalized spacial score (nSPS) is 22.3. The van der Waals surface area contributed by atoms with E-state index >= 15 is 0 Å². The van der Waals surface area contributed by atoms with Crippen molar-refractivity contribution in [3.8, 4) is 5.75 Å². The third-order valence-corrected chi connectivity index (χ3v) is 5.46.